The second-order valence-corrected chi connectivity index (χ2v) is 9.41. The molecule has 1 amide bonds. The van der Waals surface area contributed by atoms with Gasteiger partial charge >= 0.3 is 5.97 Å². The third kappa shape index (κ3) is 4.96. The number of ether oxygens (including phenoxy) is 2. The SMILES string of the molecule is Cc1ccc(C(=O)OCC(=O)N2CCCC[C@@H]2C)cc1S(=O)(=O)N1CCOCC1. The van der Waals surface area contributed by atoms with E-state index < -0.39 is 16.0 Å². The van der Waals surface area contributed by atoms with E-state index in [0.717, 1.165) is 19.3 Å². The summed E-state index contributed by atoms with van der Waals surface area (Å²) in [5, 5.41) is 0. The molecule has 2 fully saturated rings. The summed E-state index contributed by atoms with van der Waals surface area (Å²) < 4.78 is 37.7. The average Bonchev–Trinajstić information content (AvgIpc) is 2.73. The molecule has 3 rings (SSSR count). The smallest absolute Gasteiger partial charge is 0.338 e. The minimum atomic E-state index is -3.73. The van der Waals surface area contributed by atoms with E-state index in [0.29, 0.717) is 25.3 Å². The molecule has 0 bridgehead atoms. The van der Waals surface area contributed by atoms with Crippen molar-refractivity contribution in [2.75, 3.05) is 39.5 Å². The third-order valence-corrected chi connectivity index (χ3v) is 7.50. The van der Waals surface area contributed by atoms with Gasteiger partial charge in [0.25, 0.3) is 5.91 Å². The van der Waals surface area contributed by atoms with Crippen molar-refractivity contribution in [2.24, 2.45) is 0 Å². The zero-order valence-electron chi connectivity index (χ0n) is 16.9. The van der Waals surface area contributed by atoms with E-state index in [1.54, 1.807) is 17.9 Å². The standard InChI is InChI=1S/C20H28N2O6S/c1-15-6-7-17(13-18(15)29(25,26)21-9-11-27-12-10-21)20(24)28-14-19(23)22-8-4-3-5-16(22)2/h6-7,13,16H,3-5,8-12,14H2,1-2H3/t16-/m0/s1. The molecule has 0 saturated carbocycles. The van der Waals surface area contributed by atoms with Crippen LogP contribution in [0.15, 0.2) is 23.1 Å². The molecule has 1 atom stereocenters. The summed E-state index contributed by atoms with van der Waals surface area (Å²) in [6.07, 6.45) is 2.99. The van der Waals surface area contributed by atoms with Crippen LogP contribution in [0.4, 0.5) is 0 Å². The second-order valence-electron chi connectivity index (χ2n) is 7.50. The lowest BCUT2D eigenvalue weighted by molar-refractivity contribution is -0.137. The van der Waals surface area contributed by atoms with Crippen LogP contribution in [-0.4, -0.2) is 75.0 Å². The average molecular weight is 425 g/mol. The number of carbonyl (C=O) groups excluding carboxylic acids is 2. The van der Waals surface area contributed by atoms with Gasteiger partial charge in [0.2, 0.25) is 10.0 Å². The Kier molecular flexibility index (Phi) is 6.92. The topological polar surface area (TPSA) is 93.2 Å². The van der Waals surface area contributed by atoms with Crippen LogP contribution in [0.25, 0.3) is 0 Å². The minimum Gasteiger partial charge on any atom is -0.452 e. The monoisotopic (exact) mass is 424 g/mol. The molecule has 0 N–H and O–H groups in total. The molecule has 1 aromatic rings. The first-order valence-corrected chi connectivity index (χ1v) is 11.4. The molecule has 2 aliphatic heterocycles. The lowest BCUT2D eigenvalue weighted by Gasteiger charge is -2.33. The highest BCUT2D eigenvalue weighted by Gasteiger charge is 2.29. The number of hydrogen-bond donors (Lipinski definition) is 0. The molecule has 0 unspecified atom stereocenters. The summed E-state index contributed by atoms with van der Waals surface area (Å²) >= 11 is 0. The maximum atomic E-state index is 12.9. The fourth-order valence-electron chi connectivity index (χ4n) is 3.69. The summed E-state index contributed by atoms with van der Waals surface area (Å²) in [5.74, 6) is -0.930. The number of piperidine rings is 1. The summed E-state index contributed by atoms with van der Waals surface area (Å²) in [7, 11) is -3.73. The van der Waals surface area contributed by atoms with Crippen molar-refractivity contribution >= 4 is 21.9 Å². The van der Waals surface area contributed by atoms with Crippen LogP contribution in [0.3, 0.4) is 0 Å². The Bertz CT molecular complexity index is 864. The van der Waals surface area contributed by atoms with E-state index in [4.69, 9.17) is 9.47 Å². The van der Waals surface area contributed by atoms with Gasteiger partial charge in [-0.2, -0.15) is 4.31 Å². The van der Waals surface area contributed by atoms with Crippen LogP contribution in [0.2, 0.25) is 0 Å². The van der Waals surface area contributed by atoms with E-state index in [1.807, 2.05) is 6.92 Å². The molecule has 1 aromatic carbocycles. The van der Waals surface area contributed by atoms with E-state index >= 15 is 0 Å². The fourth-order valence-corrected chi connectivity index (χ4v) is 5.35. The summed E-state index contributed by atoms with van der Waals surface area (Å²) in [5.41, 5.74) is 0.660. The molecule has 0 spiro atoms. The van der Waals surface area contributed by atoms with Crippen LogP contribution in [0.5, 0.6) is 0 Å². The Morgan fingerprint density at radius 2 is 1.90 bits per heavy atom. The van der Waals surface area contributed by atoms with Crippen molar-refractivity contribution in [1.29, 1.82) is 0 Å². The van der Waals surface area contributed by atoms with Gasteiger partial charge in [-0.25, -0.2) is 13.2 Å². The fraction of sp³-hybridized carbons (Fsp3) is 0.600. The number of morpholine rings is 1. The Balaban J connectivity index is 1.70. The van der Waals surface area contributed by atoms with Crippen molar-refractivity contribution in [1.82, 2.24) is 9.21 Å². The molecule has 0 aromatic heterocycles. The van der Waals surface area contributed by atoms with Gasteiger partial charge in [0.1, 0.15) is 0 Å². The first-order valence-electron chi connectivity index (χ1n) is 9.96. The first-order chi connectivity index (χ1) is 13.8. The predicted octanol–water partition coefficient (Wildman–Crippen LogP) is 1.57. The highest BCUT2D eigenvalue weighted by atomic mass is 32.2. The van der Waals surface area contributed by atoms with Crippen LogP contribution in [0, 0.1) is 6.92 Å². The van der Waals surface area contributed by atoms with Gasteiger partial charge in [-0.3, -0.25) is 4.79 Å². The number of likely N-dealkylation sites (tertiary alicyclic amines) is 1. The number of sulfonamides is 1. The van der Waals surface area contributed by atoms with E-state index in [1.165, 1.54) is 16.4 Å². The summed E-state index contributed by atoms with van der Waals surface area (Å²) in [6, 6.07) is 4.57. The third-order valence-electron chi connectivity index (χ3n) is 5.46. The Morgan fingerprint density at radius 1 is 1.17 bits per heavy atom. The number of nitrogens with zero attached hydrogens (tertiary/aromatic N) is 2. The molecule has 2 aliphatic rings. The Morgan fingerprint density at radius 3 is 2.59 bits per heavy atom. The largest absolute Gasteiger partial charge is 0.452 e. The molecule has 2 heterocycles. The van der Waals surface area contributed by atoms with Gasteiger partial charge in [-0.05, 0) is 50.8 Å². The number of amides is 1. The van der Waals surface area contributed by atoms with Crippen molar-refractivity contribution in [2.45, 2.75) is 44.0 Å². The van der Waals surface area contributed by atoms with Gasteiger partial charge in [0, 0.05) is 25.7 Å². The number of esters is 1. The minimum absolute atomic E-state index is 0.0739. The lowest BCUT2D eigenvalue weighted by atomic mass is 10.0. The summed E-state index contributed by atoms with van der Waals surface area (Å²) in [4.78, 5) is 26.6. The number of hydrogen-bond acceptors (Lipinski definition) is 6. The van der Waals surface area contributed by atoms with Crippen LogP contribution < -0.4 is 0 Å². The zero-order chi connectivity index (χ0) is 21.0. The van der Waals surface area contributed by atoms with Crippen LogP contribution in [-0.2, 0) is 24.3 Å². The molecular weight excluding hydrogens is 396 g/mol. The highest BCUT2D eigenvalue weighted by molar-refractivity contribution is 7.89. The first kappa shape index (κ1) is 21.7. The lowest BCUT2D eigenvalue weighted by Crippen LogP contribution is -2.44. The molecular formula is C20H28N2O6S. The van der Waals surface area contributed by atoms with Crippen molar-refractivity contribution in [3.8, 4) is 0 Å². The van der Waals surface area contributed by atoms with Crippen LogP contribution >= 0.6 is 0 Å². The Labute approximate surface area is 171 Å². The number of benzene rings is 1. The van der Waals surface area contributed by atoms with E-state index in [9.17, 15) is 18.0 Å². The van der Waals surface area contributed by atoms with Gasteiger partial charge in [-0.1, -0.05) is 6.07 Å². The van der Waals surface area contributed by atoms with E-state index in [-0.39, 0.29) is 42.1 Å². The number of carbonyl (C=O) groups is 2. The van der Waals surface area contributed by atoms with Gasteiger partial charge < -0.3 is 14.4 Å². The molecule has 2 saturated heterocycles. The molecule has 0 radical (unpaired) electrons. The Hall–Kier alpha value is -1.97. The molecule has 29 heavy (non-hydrogen) atoms. The van der Waals surface area contributed by atoms with Crippen molar-refractivity contribution in [3.63, 3.8) is 0 Å². The maximum Gasteiger partial charge on any atom is 0.338 e. The van der Waals surface area contributed by atoms with Crippen LogP contribution in [0.1, 0.15) is 42.1 Å². The highest BCUT2D eigenvalue weighted by Crippen LogP contribution is 2.23. The maximum absolute atomic E-state index is 12.9. The molecule has 160 valence electrons. The normalized spacial score (nSPS) is 21.0. The predicted molar refractivity (Wildman–Crippen MR) is 106 cm³/mol. The summed E-state index contributed by atoms with van der Waals surface area (Å²) in [6.45, 7) is 5.24. The zero-order valence-corrected chi connectivity index (χ0v) is 17.7. The molecule has 8 nitrogen and oxygen atoms in total. The van der Waals surface area contributed by atoms with E-state index in [2.05, 4.69) is 0 Å². The quantitative estimate of drug-likeness (QED) is 0.666. The van der Waals surface area contributed by atoms with Gasteiger partial charge in [-0.15, -0.1) is 0 Å². The molecule has 9 heteroatoms. The second kappa shape index (κ2) is 9.23. The van der Waals surface area contributed by atoms with Crippen molar-refractivity contribution in [3.05, 3.63) is 29.3 Å². The molecule has 0 aliphatic carbocycles. The van der Waals surface area contributed by atoms with Gasteiger partial charge in [0.15, 0.2) is 6.61 Å². The van der Waals surface area contributed by atoms with Gasteiger partial charge in [0.05, 0.1) is 23.7 Å². The number of aryl methyl sites for hydroxylation is 1. The number of rotatable bonds is 5. The van der Waals surface area contributed by atoms with Crippen molar-refractivity contribution < 1.29 is 27.5 Å².